The number of anilines is 1. The summed E-state index contributed by atoms with van der Waals surface area (Å²) in [5.41, 5.74) is 5.49. The third-order valence-electron chi connectivity index (χ3n) is 4.71. The van der Waals surface area contributed by atoms with Crippen LogP contribution in [0.15, 0.2) is 53.7 Å². The van der Waals surface area contributed by atoms with Gasteiger partial charge < -0.3 is 15.5 Å². The smallest absolute Gasteiger partial charge is 0.191 e. The zero-order valence-corrected chi connectivity index (χ0v) is 21.2. The van der Waals surface area contributed by atoms with Crippen molar-refractivity contribution in [2.24, 2.45) is 4.99 Å². The molecule has 7 nitrogen and oxygen atoms in total. The fraction of sp³-hybridized carbons (Fsp3) is 0.348. The minimum absolute atomic E-state index is 0. The first-order valence-electron chi connectivity index (χ1n) is 10.2. The van der Waals surface area contributed by atoms with Crippen LogP contribution in [0.3, 0.4) is 0 Å². The SMILES string of the molecule is CCNC(=NCc1ccnc(N(C)C)c1)NCc1ccccc1-n1nc(C)cc1C.I. The van der Waals surface area contributed by atoms with Gasteiger partial charge in [0, 0.05) is 39.1 Å². The fourth-order valence-electron chi connectivity index (χ4n) is 3.23. The normalized spacial score (nSPS) is 11.1. The molecule has 0 radical (unpaired) electrons. The van der Waals surface area contributed by atoms with Gasteiger partial charge in [0.05, 0.1) is 17.9 Å². The molecule has 0 aliphatic rings. The molecule has 0 unspecified atom stereocenters. The molecule has 0 saturated carbocycles. The molecule has 0 aliphatic carbocycles. The number of pyridine rings is 1. The van der Waals surface area contributed by atoms with E-state index in [1.54, 1.807) is 0 Å². The maximum absolute atomic E-state index is 4.75. The van der Waals surface area contributed by atoms with Crippen LogP contribution in [-0.2, 0) is 13.1 Å². The van der Waals surface area contributed by atoms with Crippen LogP contribution in [0.4, 0.5) is 5.82 Å². The molecule has 0 atom stereocenters. The molecule has 0 bridgehead atoms. The standard InChI is InChI=1S/C23H31N7.HI/c1-6-24-23(26-15-19-11-12-25-22(14-19)29(4)5)27-16-20-9-7-8-10-21(20)30-18(3)13-17(2)28-30;/h7-14H,6,15-16H2,1-5H3,(H2,24,26,27);1H. The van der Waals surface area contributed by atoms with Crippen LogP contribution in [-0.4, -0.2) is 41.4 Å². The van der Waals surface area contributed by atoms with Crippen molar-refractivity contribution in [3.63, 3.8) is 0 Å². The van der Waals surface area contributed by atoms with Crippen molar-refractivity contribution in [2.45, 2.75) is 33.9 Å². The van der Waals surface area contributed by atoms with Gasteiger partial charge in [-0.3, -0.25) is 0 Å². The Hall–Kier alpha value is -2.62. The summed E-state index contributed by atoms with van der Waals surface area (Å²) in [4.78, 5) is 11.1. The molecule has 3 rings (SSSR count). The highest BCUT2D eigenvalue weighted by Crippen LogP contribution is 2.17. The molecule has 0 amide bonds. The van der Waals surface area contributed by atoms with E-state index in [1.165, 1.54) is 0 Å². The Balaban J connectivity index is 0.00000341. The van der Waals surface area contributed by atoms with Crippen LogP contribution in [0.1, 0.15) is 29.4 Å². The van der Waals surface area contributed by atoms with Gasteiger partial charge in [0.2, 0.25) is 0 Å². The number of aryl methyl sites for hydroxylation is 2. The Labute approximate surface area is 202 Å². The molecule has 31 heavy (non-hydrogen) atoms. The maximum Gasteiger partial charge on any atom is 0.191 e. The van der Waals surface area contributed by atoms with Crippen LogP contribution in [0.2, 0.25) is 0 Å². The molecule has 2 aromatic heterocycles. The van der Waals surface area contributed by atoms with Crippen LogP contribution < -0.4 is 15.5 Å². The molecule has 0 saturated heterocycles. The number of aliphatic imine (C=N–C) groups is 1. The lowest BCUT2D eigenvalue weighted by Crippen LogP contribution is -2.37. The summed E-state index contributed by atoms with van der Waals surface area (Å²) in [5.74, 6) is 1.71. The van der Waals surface area contributed by atoms with E-state index < -0.39 is 0 Å². The van der Waals surface area contributed by atoms with Gasteiger partial charge in [0.15, 0.2) is 5.96 Å². The van der Waals surface area contributed by atoms with Gasteiger partial charge in [-0.1, -0.05) is 18.2 Å². The number of nitrogens with zero attached hydrogens (tertiary/aromatic N) is 5. The largest absolute Gasteiger partial charge is 0.363 e. The van der Waals surface area contributed by atoms with Gasteiger partial charge in [-0.2, -0.15) is 5.10 Å². The van der Waals surface area contributed by atoms with Crippen LogP contribution in [0, 0.1) is 13.8 Å². The molecule has 166 valence electrons. The summed E-state index contributed by atoms with van der Waals surface area (Å²) in [7, 11) is 3.97. The molecule has 0 fully saturated rings. The minimum Gasteiger partial charge on any atom is -0.363 e. The van der Waals surface area contributed by atoms with Gasteiger partial charge in [-0.25, -0.2) is 14.7 Å². The number of nitrogens with one attached hydrogen (secondary N) is 2. The molecule has 0 spiro atoms. The first-order valence-corrected chi connectivity index (χ1v) is 10.2. The van der Waals surface area contributed by atoms with E-state index in [4.69, 9.17) is 4.99 Å². The summed E-state index contributed by atoms with van der Waals surface area (Å²) < 4.78 is 2.00. The van der Waals surface area contributed by atoms with Gasteiger partial charge >= 0.3 is 0 Å². The van der Waals surface area contributed by atoms with Crippen molar-refractivity contribution in [3.05, 3.63) is 71.2 Å². The molecule has 1 aromatic carbocycles. The number of hydrogen-bond donors (Lipinski definition) is 2. The van der Waals surface area contributed by atoms with E-state index in [1.807, 2.05) is 48.9 Å². The van der Waals surface area contributed by atoms with E-state index in [-0.39, 0.29) is 24.0 Å². The number of para-hydroxylation sites is 1. The zero-order valence-electron chi connectivity index (χ0n) is 18.9. The molecular weight excluding hydrogens is 501 g/mol. The predicted molar refractivity (Wildman–Crippen MR) is 139 cm³/mol. The second-order valence-corrected chi connectivity index (χ2v) is 7.43. The average Bonchev–Trinajstić information content (AvgIpc) is 3.08. The van der Waals surface area contributed by atoms with Crippen molar-refractivity contribution >= 4 is 35.8 Å². The quantitative estimate of drug-likeness (QED) is 0.275. The Morgan fingerprint density at radius 3 is 2.55 bits per heavy atom. The number of guanidine groups is 1. The highest BCUT2D eigenvalue weighted by molar-refractivity contribution is 14.0. The minimum atomic E-state index is 0. The van der Waals surface area contributed by atoms with E-state index in [2.05, 4.69) is 64.9 Å². The summed E-state index contributed by atoms with van der Waals surface area (Å²) in [5, 5.41) is 11.4. The van der Waals surface area contributed by atoms with E-state index in [0.29, 0.717) is 13.1 Å². The van der Waals surface area contributed by atoms with Crippen molar-refractivity contribution in [1.29, 1.82) is 0 Å². The maximum atomic E-state index is 4.75. The van der Waals surface area contributed by atoms with E-state index >= 15 is 0 Å². The Morgan fingerprint density at radius 2 is 1.87 bits per heavy atom. The predicted octanol–water partition coefficient (Wildman–Crippen LogP) is 3.82. The van der Waals surface area contributed by atoms with E-state index in [0.717, 1.165) is 46.5 Å². The molecule has 2 heterocycles. The van der Waals surface area contributed by atoms with Crippen molar-refractivity contribution < 1.29 is 0 Å². The zero-order chi connectivity index (χ0) is 21.5. The Morgan fingerprint density at radius 1 is 1.10 bits per heavy atom. The second kappa shape index (κ2) is 11.7. The topological polar surface area (TPSA) is 70.4 Å². The molecular formula is C23H32IN7. The van der Waals surface area contributed by atoms with Crippen LogP contribution in [0.5, 0.6) is 0 Å². The number of hydrogen-bond acceptors (Lipinski definition) is 4. The second-order valence-electron chi connectivity index (χ2n) is 7.43. The van der Waals surface area contributed by atoms with Gasteiger partial charge in [-0.15, -0.1) is 24.0 Å². The highest BCUT2D eigenvalue weighted by Gasteiger charge is 2.09. The first kappa shape index (κ1) is 24.6. The third-order valence-corrected chi connectivity index (χ3v) is 4.71. The summed E-state index contributed by atoms with van der Waals surface area (Å²) in [6, 6.07) is 14.5. The van der Waals surface area contributed by atoms with Crippen molar-refractivity contribution in [1.82, 2.24) is 25.4 Å². The van der Waals surface area contributed by atoms with Gasteiger partial charge in [0.25, 0.3) is 0 Å². The van der Waals surface area contributed by atoms with Crippen molar-refractivity contribution in [2.75, 3.05) is 25.5 Å². The fourth-order valence-corrected chi connectivity index (χ4v) is 3.23. The lowest BCUT2D eigenvalue weighted by molar-refractivity contribution is 0.783. The van der Waals surface area contributed by atoms with Crippen LogP contribution >= 0.6 is 24.0 Å². The van der Waals surface area contributed by atoms with Gasteiger partial charge in [-0.05, 0) is 56.2 Å². The average molecular weight is 533 g/mol. The van der Waals surface area contributed by atoms with E-state index in [9.17, 15) is 0 Å². The number of rotatable bonds is 7. The number of benzene rings is 1. The lowest BCUT2D eigenvalue weighted by atomic mass is 10.1. The Kier molecular flexibility index (Phi) is 9.29. The summed E-state index contributed by atoms with van der Waals surface area (Å²) in [6.45, 7) is 8.19. The third kappa shape index (κ3) is 6.68. The molecule has 0 aliphatic heterocycles. The molecule has 8 heteroatoms. The first-order chi connectivity index (χ1) is 14.5. The summed E-state index contributed by atoms with van der Waals surface area (Å²) in [6.07, 6.45) is 1.82. The number of aromatic nitrogens is 3. The Bertz CT molecular complexity index is 1010. The highest BCUT2D eigenvalue weighted by atomic mass is 127. The lowest BCUT2D eigenvalue weighted by Gasteiger charge is -2.15. The van der Waals surface area contributed by atoms with Crippen molar-refractivity contribution in [3.8, 4) is 5.69 Å². The number of halogens is 1. The monoisotopic (exact) mass is 533 g/mol. The van der Waals surface area contributed by atoms with Crippen LogP contribution in [0.25, 0.3) is 5.69 Å². The molecule has 3 aromatic rings. The summed E-state index contributed by atoms with van der Waals surface area (Å²) >= 11 is 0. The molecule has 2 N–H and O–H groups in total. The van der Waals surface area contributed by atoms with Gasteiger partial charge in [0.1, 0.15) is 5.82 Å².